The summed E-state index contributed by atoms with van der Waals surface area (Å²) in [6.07, 6.45) is 3.75. The molecule has 0 amide bonds. The van der Waals surface area contributed by atoms with E-state index in [1.54, 1.807) is 7.05 Å². The van der Waals surface area contributed by atoms with Gasteiger partial charge in [0.1, 0.15) is 4.90 Å². The number of aryl methyl sites for hydroxylation is 1. The fourth-order valence-electron chi connectivity index (χ4n) is 1.42. The van der Waals surface area contributed by atoms with E-state index in [-0.39, 0.29) is 20.6 Å². The van der Waals surface area contributed by atoms with Crippen molar-refractivity contribution in [2.75, 3.05) is 0 Å². The zero-order valence-electron chi connectivity index (χ0n) is 10.1. The molecule has 0 atom stereocenters. The third kappa shape index (κ3) is 2.79. The summed E-state index contributed by atoms with van der Waals surface area (Å²) in [6.45, 7) is 0. The predicted octanol–water partition coefficient (Wildman–Crippen LogP) is 0.522. The van der Waals surface area contributed by atoms with Crippen molar-refractivity contribution in [2.45, 2.75) is 14.8 Å². The van der Waals surface area contributed by atoms with E-state index in [0.29, 0.717) is 0 Å². The molecular weight excluding hydrogens is 306 g/mol. The normalized spacial score (nSPS) is 11.5. The Hall–Kier alpha value is -1.98. The van der Waals surface area contributed by atoms with E-state index in [2.05, 4.69) is 9.97 Å². The molecule has 0 fully saturated rings. The average Bonchev–Trinajstić information content (AvgIpc) is 2.71. The van der Waals surface area contributed by atoms with Crippen LogP contribution in [0.1, 0.15) is 0 Å². The molecule has 2 aromatic rings. The van der Waals surface area contributed by atoms with Crippen LogP contribution in [0.2, 0.25) is 0 Å². The summed E-state index contributed by atoms with van der Waals surface area (Å²) in [6, 6.07) is 1.42. The molecule has 0 saturated heterocycles. The van der Waals surface area contributed by atoms with E-state index >= 15 is 0 Å². The second-order valence-corrected chi connectivity index (χ2v) is 6.27. The first-order valence-electron chi connectivity index (χ1n) is 5.11. The van der Waals surface area contributed by atoms with Crippen LogP contribution in [0.5, 0.6) is 0 Å². The van der Waals surface area contributed by atoms with Crippen LogP contribution >= 0.6 is 11.8 Å². The largest absolute Gasteiger partial charge is 0.396 e. The maximum atomic E-state index is 11.5. The molecule has 11 heteroatoms. The highest BCUT2D eigenvalue weighted by atomic mass is 32.2. The predicted molar refractivity (Wildman–Crippen MR) is 69.6 cm³/mol. The number of sulfonamides is 1. The van der Waals surface area contributed by atoms with Crippen molar-refractivity contribution in [1.82, 2.24) is 14.5 Å². The van der Waals surface area contributed by atoms with Crippen molar-refractivity contribution >= 4 is 27.6 Å². The van der Waals surface area contributed by atoms with Crippen molar-refractivity contribution in [3.8, 4) is 0 Å². The zero-order chi connectivity index (χ0) is 14.9. The molecule has 0 aliphatic rings. The Balaban J connectivity index is 2.52. The molecule has 0 aliphatic heterocycles. The van der Waals surface area contributed by atoms with Gasteiger partial charge in [0, 0.05) is 24.3 Å². The molecule has 2 rings (SSSR count). The summed E-state index contributed by atoms with van der Waals surface area (Å²) in [4.78, 5) is 17.6. The van der Waals surface area contributed by atoms with Crippen LogP contribution in [0.15, 0.2) is 39.6 Å². The van der Waals surface area contributed by atoms with Gasteiger partial charge >= 0.3 is 5.82 Å². The van der Waals surface area contributed by atoms with Gasteiger partial charge in [0.15, 0.2) is 5.03 Å². The number of hydrogen-bond acceptors (Lipinski definition) is 7. The monoisotopic (exact) mass is 315 g/mol. The third-order valence-electron chi connectivity index (χ3n) is 2.30. The molecule has 0 aromatic carbocycles. The highest BCUT2D eigenvalue weighted by Gasteiger charge is 2.24. The zero-order valence-corrected chi connectivity index (χ0v) is 11.8. The Labute approximate surface area is 118 Å². The van der Waals surface area contributed by atoms with Crippen molar-refractivity contribution in [2.24, 2.45) is 12.2 Å². The maximum Gasteiger partial charge on any atom is 0.396 e. The van der Waals surface area contributed by atoms with Crippen LogP contribution in [0, 0.1) is 10.1 Å². The van der Waals surface area contributed by atoms with E-state index < -0.39 is 14.9 Å². The quantitative estimate of drug-likeness (QED) is 0.642. The van der Waals surface area contributed by atoms with Crippen LogP contribution in [0.3, 0.4) is 0 Å². The lowest BCUT2D eigenvalue weighted by atomic mass is 10.5. The molecule has 0 aliphatic carbocycles. The fraction of sp³-hybridized carbons (Fsp3) is 0.111. The van der Waals surface area contributed by atoms with Gasteiger partial charge in [-0.25, -0.2) is 13.6 Å². The van der Waals surface area contributed by atoms with E-state index in [0.717, 1.165) is 18.0 Å². The minimum Gasteiger partial charge on any atom is -0.358 e. The van der Waals surface area contributed by atoms with Crippen molar-refractivity contribution < 1.29 is 13.3 Å². The summed E-state index contributed by atoms with van der Waals surface area (Å²) in [5.41, 5.74) is 0. The molecule has 9 nitrogen and oxygen atoms in total. The number of imidazole rings is 1. The number of primary sulfonamides is 1. The lowest BCUT2D eigenvalue weighted by molar-refractivity contribution is -0.392. The highest BCUT2D eigenvalue weighted by Crippen LogP contribution is 2.36. The average molecular weight is 315 g/mol. The second kappa shape index (κ2) is 5.19. The van der Waals surface area contributed by atoms with E-state index in [1.165, 1.54) is 23.2 Å². The maximum absolute atomic E-state index is 11.5. The topological polar surface area (TPSA) is 134 Å². The van der Waals surface area contributed by atoms with Gasteiger partial charge in [-0.2, -0.15) is 0 Å². The molecule has 2 N–H and O–H groups in total. The molecule has 0 unspecified atom stereocenters. The fourth-order valence-corrected chi connectivity index (χ4v) is 3.35. The van der Waals surface area contributed by atoms with Gasteiger partial charge in [-0.1, -0.05) is 11.8 Å². The van der Waals surface area contributed by atoms with E-state index in [9.17, 15) is 18.5 Å². The Bertz CT molecular complexity index is 770. The minimum atomic E-state index is -3.97. The number of nitro groups is 1. The summed E-state index contributed by atoms with van der Waals surface area (Å²) in [5.74, 6) is -0.352. The van der Waals surface area contributed by atoms with Crippen LogP contribution in [0.4, 0.5) is 5.82 Å². The lowest BCUT2D eigenvalue weighted by Gasteiger charge is -2.06. The first-order valence-corrected chi connectivity index (χ1v) is 7.47. The molecule has 106 valence electrons. The summed E-state index contributed by atoms with van der Waals surface area (Å²) in [5, 5.41) is 16.2. The van der Waals surface area contributed by atoms with Gasteiger partial charge < -0.3 is 14.7 Å². The lowest BCUT2D eigenvalue weighted by Crippen LogP contribution is -2.13. The minimum absolute atomic E-state index is 0.194. The van der Waals surface area contributed by atoms with Crippen LogP contribution in [-0.2, 0) is 17.1 Å². The number of rotatable bonds is 4. The van der Waals surface area contributed by atoms with Crippen LogP contribution in [0.25, 0.3) is 0 Å². The van der Waals surface area contributed by atoms with Gasteiger partial charge in [0.2, 0.25) is 16.4 Å². The Morgan fingerprint density at radius 3 is 2.80 bits per heavy atom. The highest BCUT2D eigenvalue weighted by molar-refractivity contribution is 8.00. The number of pyridine rings is 1. The van der Waals surface area contributed by atoms with Gasteiger partial charge in [0.25, 0.3) is 0 Å². The van der Waals surface area contributed by atoms with E-state index in [4.69, 9.17) is 5.14 Å². The Morgan fingerprint density at radius 2 is 2.20 bits per heavy atom. The van der Waals surface area contributed by atoms with E-state index in [1.807, 2.05) is 0 Å². The molecular formula is C9H9N5O4S2. The van der Waals surface area contributed by atoms with Gasteiger partial charge in [-0.3, -0.25) is 4.98 Å². The second-order valence-electron chi connectivity index (χ2n) is 3.71. The number of nitrogens with zero attached hydrogens (tertiary/aromatic N) is 4. The van der Waals surface area contributed by atoms with Crippen molar-refractivity contribution in [1.29, 1.82) is 0 Å². The first-order chi connectivity index (χ1) is 9.30. The number of nitrogens with two attached hydrogens (primary N) is 1. The first kappa shape index (κ1) is 14.4. The summed E-state index contributed by atoms with van der Waals surface area (Å²) < 4.78 is 24.3. The molecule has 2 heterocycles. The van der Waals surface area contributed by atoms with Crippen molar-refractivity contribution in [3.05, 3.63) is 34.9 Å². The third-order valence-corrected chi connectivity index (χ3v) is 4.60. The molecule has 20 heavy (non-hydrogen) atoms. The molecule has 2 aromatic heterocycles. The standard InChI is InChI=1S/C9H9N5O4S2/c1-13-5-12-8(14(15)16)9(13)19-6-2-3-11-4-7(6)20(10,17)18/h2-5H,1H3,(H2,10,17,18). The van der Waals surface area contributed by atoms with Gasteiger partial charge in [-0.05, 0) is 16.0 Å². The van der Waals surface area contributed by atoms with Crippen molar-refractivity contribution in [3.63, 3.8) is 0 Å². The Kier molecular flexibility index (Phi) is 3.74. The SMILES string of the molecule is Cn1cnc([N+](=O)[O-])c1Sc1ccncc1S(N)(=O)=O. The molecule has 0 bridgehead atoms. The van der Waals surface area contributed by atoms with Gasteiger partial charge in [0.05, 0.1) is 0 Å². The number of aromatic nitrogens is 3. The Morgan fingerprint density at radius 1 is 1.50 bits per heavy atom. The smallest absolute Gasteiger partial charge is 0.358 e. The number of hydrogen-bond donors (Lipinski definition) is 1. The summed E-state index contributed by atoms with van der Waals surface area (Å²) in [7, 11) is -2.40. The molecule has 0 saturated carbocycles. The van der Waals surface area contributed by atoms with Gasteiger partial charge in [-0.15, -0.1) is 0 Å². The van der Waals surface area contributed by atoms with Crippen LogP contribution < -0.4 is 5.14 Å². The summed E-state index contributed by atoms with van der Waals surface area (Å²) >= 11 is 0.889. The molecule has 0 spiro atoms. The molecule has 0 radical (unpaired) electrons. The van der Waals surface area contributed by atoms with Crippen LogP contribution in [-0.4, -0.2) is 27.9 Å².